The molecule has 6 nitrogen and oxygen atoms in total. The molecule has 4 N–H and O–H groups in total. The standard InChI is InChI=1S/C20H26N4O2S/c1-3-7-24(26-4-2)20(25)14-10-18-17(23-19(22)11-14)12-16(27-18)6-5-13-8-15(21)9-13/h10,12-13,15H,3-4,7-9,11,21H2,1-2H3,(H2,22,23). The van der Waals surface area contributed by atoms with Crippen LogP contribution >= 0.6 is 11.3 Å². The Morgan fingerprint density at radius 3 is 2.89 bits per heavy atom. The van der Waals surface area contributed by atoms with Gasteiger partial charge in [-0.05, 0) is 38.3 Å². The molecule has 3 rings (SSSR count). The van der Waals surface area contributed by atoms with Crippen molar-refractivity contribution in [1.82, 2.24) is 5.06 Å². The summed E-state index contributed by atoms with van der Waals surface area (Å²) in [6.45, 7) is 4.86. The topological polar surface area (TPSA) is 93.9 Å². The molecular weight excluding hydrogens is 360 g/mol. The van der Waals surface area contributed by atoms with Gasteiger partial charge in [-0.3, -0.25) is 9.63 Å². The van der Waals surface area contributed by atoms with E-state index in [1.165, 1.54) is 16.4 Å². The van der Waals surface area contributed by atoms with E-state index in [0.717, 1.165) is 34.7 Å². The molecule has 0 radical (unpaired) electrons. The van der Waals surface area contributed by atoms with Crippen LogP contribution in [0.4, 0.5) is 5.69 Å². The average molecular weight is 387 g/mol. The smallest absolute Gasteiger partial charge is 0.273 e. The van der Waals surface area contributed by atoms with Gasteiger partial charge in [0.15, 0.2) is 0 Å². The number of amidine groups is 1. The minimum Gasteiger partial charge on any atom is -0.387 e. The van der Waals surface area contributed by atoms with Crippen molar-refractivity contribution in [2.24, 2.45) is 22.4 Å². The molecule has 1 aliphatic carbocycles. The van der Waals surface area contributed by atoms with Crippen LogP contribution < -0.4 is 11.5 Å². The molecule has 1 fully saturated rings. The Kier molecular flexibility index (Phi) is 6.32. The SMILES string of the molecule is CCCN(OCC)C(=O)C1=Cc2sc(C#CC3CC(N)C3)cc2N=C(N)C1. The number of aliphatic imine (C=N–C) groups is 1. The van der Waals surface area contributed by atoms with E-state index in [1.54, 1.807) is 0 Å². The Labute approximate surface area is 164 Å². The van der Waals surface area contributed by atoms with Crippen LogP contribution in [0.25, 0.3) is 6.08 Å². The zero-order chi connectivity index (χ0) is 19.4. The Morgan fingerprint density at radius 2 is 2.22 bits per heavy atom. The summed E-state index contributed by atoms with van der Waals surface area (Å²) < 4.78 is 0. The van der Waals surface area contributed by atoms with Gasteiger partial charge in [0, 0.05) is 30.5 Å². The van der Waals surface area contributed by atoms with Gasteiger partial charge in [-0.25, -0.2) is 10.1 Å². The second kappa shape index (κ2) is 8.70. The fourth-order valence-corrected chi connectivity index (χ4v) is 4.01. The molecule has 2 aliphatic rings. The molecule has 1 aliphatic heterocycles. The second-order valence-corrected chi connectivity index (χ2v) is 7.92. The monoisotopic (exact) mass is 386 g/mol. The molecular formula is C20H26N4O2S. The van der Waals surface area contributed by atoms with Gasteiger partial charge in [0.25, 0.3) is 5.91 Å². The molecule has 2 heterocycles. The summed E-state index contributed by atoms with van der Waals surface area (Å²) in [6, 6.07) is 2.23. The van der Waals surface area contributed by atoms with Gasteiger partial charge >= 0.3 is 0 Å². The summed E-state index contributed by atoms with van der Waals surface area (Å²) in [4.78, 5) is 24.7. The Bertz CT molecular complexity index is 819. The van der Waals surface area contributed by atoms with Gasteiger partial charge in [-0.1, -0.05) is 18.8 Å². The summed E-state index contributed by atoms with van der Waals surface area (Å²) in [5.41, 5.74) is 13.2. The first-order valence-corrected chi connectivity index (χ1v) is 10.2. The van der Waals surface area contributed by atoms with Gasteiger partial charge in [0.2, 0.25) is 0 Å². The molecule has 1 aromatic heterocycles. The number of fused-ring (bicyclic) bond motifs is 1. The van der Waals surface area contributed by atoms with Gasteiger partial charge in [0.1, 0.15) is 5.84 Å². The lowest BCUT2D eigenvalue weighted by molar-refractivity contribution is -0.180. The van der Waals surface area contributed by atoms with E-state index < -0.39 is 0 Å². The van der Waals surface area contributed by atoms with Crippen molar-refractivity contribution in [3.05, 3.63) is 21.4 Å². The number of nitrogens with two attached hydrogens (primary N) is 2. The third-order valence-corrected chi connectivity index (χ3v) is 5.45. The number of hydroxylamine groups is 2. The summed E-state index contributed by atoms with van der Waals surface area (Å²) in [6.07, 6.45) is 4.93. The van der Waals surface area contributed by atoms with Crippen LogP contribution in [-0.4, -0.2) is 36.0 Å². The van der Waals surface area contributed by atoms with E-state index in [1.807, 2.05) is 26.0 Å². The molecule has 0 unspecified atom stereocenters. The van der Waals surface area contributed by atoms with Crippen molar-refractivity contribution in [3.63, 3.8) is 0 Å². The van der Waals surface area contributed by atoms with Crippen LogP contribution in [0, 0.1) is 17.8 Å². The molecule has 1 amide bonds. The van der Waals surface area contributed by atoms with Crippen LogP contribution in [0.15, 0.2) is 16.6 Å². The van der Waals surface area contributed by atoms with E-state index in [-0.39, 0.29) is 5.91 Å². The lowest BCUT2D eigenvalue weighted by Gasteiger charge is -2.27. The Morgan fingerprint density at radius 1 is 1.44 bits per heavy atom. The minimum atomic E-state index is -0.158. The zero-order valence-corrected chi connectivity index (χ0v) is 16.6. The highest BCUT2D eigenvalue weighted by Gasteiger charge is 2.24. The van der Waals surface area contributed by atoms with Crippen molar-refractivity contribution >= 4 is 34.8 Å². The number of hydrogen-bond acceptors (Lipinski definition) is 6. The lowest BCUT2D eigenvalue weighted by Crippen LogP contribution is -2.35. The molecule has 27 heavy (non-hydrogen) atoms. The number of carbonyl (C=O) groups excluding carboxylic acids is 1. The van der Waals surface area contributed by atoms with Gasteiger partial charge < -0.3 is 11.5 Å². The van der Waals surface area contributed by atoms with Gasteiger partial charge in [-0.15, -0.1) is 11.3 Å². The van der Waals surface area contributed by atoms with Gasteiger partial charge in [-0.2, -0.15) is 0 Å². The quantitative estimate of drug-likeness (QED) is 0.601. The molecule has 1 aromatic rings. The molecule has 0 atom stereocenters. The highest BCUT2D eigenvalue weighted by molar-refractivity contribution is 7.14. The first-order valence-electron chi connectivity index (χ1n) is 9.39. The van der Waals surface area contributed by atoms with Crippen LogP contribution in [0.5, 0.6) is 0 Å². The number of rotatable bonds is 5. The normalized spacial score (nSPS) is 21.0. The number of hydrogen-bond donors (Lipinski definition) is 2. The van der Waals surface area contributed by atoms with Crippen LogP contribution in [-0.2, 0) is 9.63 Å². The predicted molar refractivity (Wildman–Crippen MR) is 109 cm³/mol. The van der Waals surface area contributed by atoms with E-state index in [9.17, 15) is 4.79 Å². The van der Waals surface area contributed by atoms with E-state index >= 15 is 0 Å². The number of nitrogens with zero attached hydrogens (tertiary/aromatic N) is 2. The van der Waals surface area contributed by atoms with E-state index in [2.05, 4.69) is 16.8 Å². The second-order valence-electron chi connectivity index (χ2n) is 6.83. The van der Waals surface area contributed by atoms with Gasteiger partial charge in [0.05, 0.1) is 22.0 Å². The van der Waals surface area contributed by atoms with Crippen LogP contribution in [0.3, 0.4) is 0 Å². The highest BCUT2D eigenvalue weighted by atomic mass is 32.1. The minimum absolute atomic E-state index is 0.158. The van der Waals surface area contributed by atoms with Crippen molar-refractivity contribution in [1.29, 1.82) is 0 Å². The first-order chi connectivity index (χ1) is 13.0. The van der Waals surface area contributed by atoms with Crippen molar-refractivity contribution < 1.29 is 9.63 Å². The Hall–Kier alpha value is -2.14. The molecule has 0 saturated heterocycles. The van der Waals surface area contributed by atoms with E-state index in [4.69, 9.17) is 16.3 Å². The summed E-state index contributed by atoms with van der Waals surface area (Å²) in [7, 11) is 0. The fraction of sp³-hybridized carbons (Fsp3) is 0.500. The Balaban J connectivity index is 1.84. The third kappa shape index (κ3) is 4.78. The van der Waals surface area contributed by atoms with Crippen molar-refractivity contribution in [2.75, 3.05) is 13.2 Å². The summed E-state index contributed by atoms with van der Waals surface area (Å²) in [5.74, 6) is 7.14. The maximum absolute atomic E-state index is 12.9. The lowest BCUT2D eigenvalue weighted by atomic mass is 9.81. The third-order valence-electron chi connectivity index (χ3n) is 4.47. The highest BCUT2D eigenvalue weighted by Crippen LogP contribution is 2.35. The largest absolute Gasteiger partial charge is 0.387 e. The maximum atomic E-state index is 12.9. The summed E-state index contributed by atoms with van der Waals surface area (Å²) in [5, 5.41) is 1.41. The fourth-order valence-electron chi connectivity index (χ4n) is 3.08. The van der Waals surface area contributed by atoms with E-state index in [0.29, 0.717) is 42.9 Å². The molecule has 7 heteroatoms. The predicted octanol–water partition coefficient (Wildman–Crippen LogP) is 2.80. The zero-order valence-electron chi connectivity index (χ0n) is 15.8. The average Bonchev–Trinajstić information content (AvgIpc) is 2.90. The number of amides is 1. The number of thiophene rings is 1. The molecule has 0 spiro atoms. The first kappa shape index (κ1) is 19.6. The molecule has 144 valence electrons. The summed E-state index contributed by atoms with van der Waals surface area (Å²) >= 11 is 1.53. The molecule has 1 saturated carbocycles. The van der Waals surface area contributed by atoms with Crippen LogP contribution in [0.1, 0.15) is 49.3 Å². The van der Waals surface area contributed by atoms with Crippen LogP contribution in [0.2, 0.25) is 0 Å². The van der Waals surface area contributed by atoms with Crippen molar-refractivity contribution in [2.45, 2.75) is 45.6 Å². The maximum Gasteiger partial charge on any atom is 0.273 e. The number of carbonyl (C=O) groups is 1. The molecule has 0 bridgehead atoms. The van der Waals surface area contributed by atoms with Crippen molar-refractivity contribution in [3.8, 4) is 11.8 Å². The molecule has 0 aromatic carbocycles.